The monoisotopic (exact) mass is 287 g/mol. The normalized spacial score (nSPS) is 15.6. The number of amides is 1. The minimum Gasteiger partial charge on any atom is -0.484 e. The molecule has 0 unspecified atom stereocenters. The molecule has 0 radical (unpaired) electrons. The van der Waals surface area contributed by atoms with Crippen LogP contribution in [0.15, 0.2) is 18.2 Å². The first-order valence-corrected chi connectivity index (χ1v) is 6.77. The minimum atomic E-state index is 0.0193. The van der Waals surface area contributed by atoms with Gasteiger partial charge in [0.2, 0.25) is 0 Å². The van der Waals surface area contributed by atoms with Crippen LogP contribution in [0.1, 0.15) is 19.3 Å². The number of hydrogen-bond donors (Lipinski definition) is 0. The van der Waals surface area contributed by atoms with Crippen LogP contribution in [0.25, 0.3) is 0 Å². The van der Waals surface area contributed by atoms with E-state index in [0.717, 1.165) is 25.9 Å². The molecule has 1 saturated heterocycles. The van der Waals surface area contributed by atoms with Crippen LogP contribution in [-0.4, -0.2) is 30.5 Å². The first kappa shape index (κ1) is 13.5. The van der Waals surface area contributed by atoms with Gasteiger partial charge in [0, 0.05) is 23.1 Å². The van der Waals surface area contributed by atoms with Gasteiger partial charge >= 0.3 is 0 Å². The molecule has 2 rings (SSSR count). The number of carbonyl (C=O) groups excluding carboxylic acids is 1. The fourth-order valence-electron chi connectivity index (χ4n) is 1.99. The van der Waals surface area contributed by atoms with E-state index in [-0.39, 0.29) is 12.5 Å². The van der Waals surface area contributed by atoms with Crippen molar-refractivity contribution in [3.63, 3.8) is 0 Å². The van der Waals surface area contributed by atoms with Crippen LogP contribution >= 0.6 is 23.2 Å². The maximum Gasteiger partial charge on any atom is 0.260 e. The van der Waals surface area contributed by atoms with Gasteiger partial charge in [0.15, 0.2) is 6.61 Å². The van der Waals surface area contributed by atoms with Crippen LogP contribution in [0.2, 0.25) is 10.0 Å². The average molecular weight is 288 g/mol. The fourth-order valence-corrected chi connectivity index (χ4v) is 2.50. The van der Waals surface area contributed by atoms with Crippen molar-refractivity contribution in [2.75, 3.05) is 19.7 Å². The Labute approximate surface area is 117 Å². The number of ether oxygens (including phenoxy) is 1. The lowest BCUT2D eigenvalue weighted by atomic mass is 10.1. The predicted octanol–water partition coefficient (Wildman–Crippen LogP) is 3.38. The standard InChI is InChI=1S/C13H15Cl2NO2/c14-10-6-11(15)8-12(7-10)18-9-13(17)16-4-2-1-3-5-16/h6-8H,1-5,9H2. The van der Waals surface area contributed by atoms with E-state index >= 15 is 0 Å². The van der Waals surface area contributed by atoms with Crippen molar-refractivity contribution < 1.29 is 9.53 Å². The third-order valence-corrected chi connectivity index (χ3v) is 3.34. The minimum absolute atomic E-state index is 0.0193. The Morgan fingerprint density at radius 1 is 1.11 bits per heavy atom. The van der Waals surface area contributed by atoms with Crippen molar-refractivity contribution in [3.05, 3.63) is 28.2 Å². The quantitative estimate of drug-likeness (QED) is 0.853. The Kier molecular flexibility index (Phi) is 4.72. The molecule has 98 valence electrons. The van der Waals surface area contributed by atoms with Crippen LogP contribution in [0.4, 0.5) is 0 Å². The average Bonchev–Trinajstić information content (AvgIpc) is 2.36. The molecule has 1 amide bonds. The van der Waals surface area contributed by atoms with Gasteiger partial charge in [0.25, 0.3) is 5.91 Å². The second-order valence-electron chi connectivity index (χ2n) is 4.34. The zero-order chi connectivity index (χ0) is 13.0. The highest BCUT2D eigenvalue weighted by atomic mass is 35.5. The number of nitrogens with zero attached hydrogens (tertiary/aromatic N) is 1. The molecule has 18 heavy (non-hydrogen) atoms. The fraction of sp³-hybridized carbons (Fsp3) is 0.462. The van der Waals surface area contributed by atoms with E-state index in [9.17, 15) is 4.79 Å². The summed E-state index contributed by atoms with van der Waals surface area (Å²) in [7, 11) is 0. The molecule has 0 aliphatic carbocycles. The summed E-state index contributed by atoms with van der Waals surface area (Å²) in [5.74, 6) is 0.545. The van der Waals surface area contributed by atoms with Crippen LogP contribution in [0, 0.1) is 0 Å². The van der Waals surface area contributed by atoms with Gasteiger partial charge in [0.1, 0.15) is 5.75 Å². The van der Waals surface area contributed by atoms with E-state index in [2.05, 4.69) is 0 Å². The first-order chi connectivity index (χ1) is 8.65. The number of carbonyl (C=O) groups is 1. The molecule has 0 spiro atoms. The Hall–Kier alpha value is -0.930. The van der Waals surface area contributed by atoms with E-state index in [1.165, 1.54) is 6.42 Å². The number of halogens is 2. The first-order valence-electron chi connectivity index (χ1n) is 6.02. The lowest BCUT2D eigenvalue weighted by Gasteiger charge is -2.26. The van der Waals surface area contributed by atoms with Gasteiger partial charge in [-0.3, -0.25) is 4.79 Å². The maximum absolute atomic E-state index is 11.9. The SMILES string of the molecule is O=C(COc1cc(Cl)cc(Cl)c1)N1CCCCC1. The highest BCUT2D eigenvalue weighted by Gasteiger charge is 2.16. The zero-order valence-electron chi connectivity index (χ0n) is 9.99. The van der Waals surface area contributed by atoms with E-state index < -0.39 is 0 Å². The Balaban J connectivity index is 1.88. The van der Waals surface area contributed by atoms with Crippen molar-refractivity contribution in [2.24, 2.45) is 0 Å². The summed E-state index contributed by atoms with van der Waals surface area (Å²) >= 11 is 11.7. The van der Waals surface area contributed by atoms with Crippen LogP contribution in [0.3, 0.4) is 0 Å². The molecule has 0 N–H and O–H groups in total. The Bertz CT molecular complexity index is 411. The molecule has 5 heteroatoms. The summed E-state index contributed by atoms with van der Waals surface area (Å²) in [6.45, 7) is 1.70. The Morgan fingerprint density at radius 2 is 1.72 bits per heavy atom. The molecule has 1 heterocycles. The van der Waals surface area contributed by atoms with Crippen molar-refractivity contribution in [3.8, 4) is 5.75 Å². The van der Waals surface area contributed by atoms with Gasteiger partial charge in [-0.15, -0.1) is 0 Å². The third-order valence-electron chi connectivity index (χ3n) is 2.91. The second-order valence-corrected chi connectivity index (χ2v) is 5.21. The van der Waals surface area contributed by atoms with Gasteiger partial charge < -0.3 is 9.64 Å². The van der Waals surface area contributed by atoms with Crippen molar-refractivity contribution in [1.82, 2.24) is 4.90 Å². The predicted molar refractivity (Wildman–Crippen MR) is 72.4 cm³/mol. The second kappa shape index (κ2) is 6.30. The number of piperidine rings is 1. The largest absolute Gasteiger partial charge is 0.484 e. The number of rotatable bonds is 3. The summed E-state index contributed by atoms with van der Waals surface area (Å²) in [5, 5.41) is 1.01. The van der Waals surface area contributed by atoms with E-state index in [1.54, 1.807) is 18.2 Å². The molecular formula is C13H15Cl2NO2. The molecule has 1 aromatic rings. The van der Waals surface area contributed by atoms with Gasteiger partial charge in [0.05, 0.1) is 0 Å². The molecule has 0 saturated carbocycles. The lowest BCUT2D eigenvalue weighted by molar-refractivity contribution is -0.134. The van der Waals surface area contributed by atoms with Crippen molar-refractivity contribution >= 4 is 29.1 Å². The highest BCUT2D eigenvalue weighted by Crippen LogP contribution is 2.24. The highest BCUT2D eigenvalue weighted by molar-refractivity contribution is 6.34. The maximum atomic E-state index is 11.9. The summed E-state index contributed by atoms with van der Waals surface area (Å²) in [4.78, 5) is 13.7. The van der Waals surface area contributed by atoms with E-state index in [0.29, 0.717) is 15.8 Å². The molecule has 0 aromatic heterocycles. The summed E-state index contributed by atoms with van der Waals surface area (Å²) in [6, 6.07) is 4.93. The third kappa shape index (κ3) is 3.79. The zero-order valence-corrected chi connectivity index (χ0v) is 11.5. The van der Waals surface area contributed by atoms with Crippen LogP contribution in [0.5, 0.6) is 5.75 Å². The van der Waals surface area contributed by atoms with Crippen molar-refractivity contribution in [2.45, 2.75) is 19.3 Å². The smallest absolute Gasteiger partial charge is 0.260 e. The van der Waals surface area contributed by atoms with Gasteiger partial charge in [-0.05, 0) is 37.5 Å². The molecule has 1 fully saturated rings. The number of benzene rings is 1. The summed E-state index contributed by atoms with van der Waals surface area (Å²) in [6.07, 6.45) is 3.36. The van der Waals surface area contributed by atoms with Crippen LogP contribution < -0.4 is 4.74 Å². The van der Waals surface area contributed by atoms with Gasteiger partial charge in [-0.1, -0.05) is 23.2 Å². The van der Waals surface area contributed by atoms with E-state index in [1.807, 2.05) is 4.90 Å². The summed E-state index contributed by atoms with van der Waals surface area (Å²) in [5.41, 5.74) is 0. The van der Waals surface area contributed by atoms with Gasteiger partial charge in [-0.2, -0.15) is 0 Å². The van der Waals surface area contributed by atoms with E-state index in [4.69, 9.17) is 27.9 Å². The molecule has 0 bridgehead atoms. The molecule has 3 nitrogen and oxygen atoms in total. The molecule has 0 atom stereocenters. The Morgan fingerprint density at radius 3 is 2.33 bits per heavy atom. The lowest BCUT2D eigenvalue weighted by Crippen LogP contribution is -2.38. The topological polar surface area (TPSA) is 29.5 Å². The molecule has 1 aliphatic rings. The number of likely N-dealkylation sites (tertiary alicyclic amines) is 1. The molecule has 1 aromatic carbocycles. The molecular weight excluding hydrogens is 273 g/mol. The molecule has 1 aliphatic heterocycles. The van der Waals surface area contributed by atoms with Crippen LogP contribution in [-0.2, 0) is 4.79 Å². The van der Waals surface area contributed by atoms with Crippen molar-refractivity contribution in [1.29, 1.82) is 0 Å². The number of hydrogen-bond acceptors (Lipinski definition) is 2. The summed E-state index contributed by atoms with van der Waals surface area (Å²) < 4.78 is 5.42. The van der Waals surface area contributed by atoms with Gasteiger partial charge in [-0.25, -0.2) is 0 Å².